The second-order valence-electron chi connectivity index (χ2n) is 6.86. The molecule has 0 aliphatic heterocycles. The first-order valence-corrected chi connectivity index (χ1v) is 10.5. The number of carbonyl (C=O) groups excluding carboxylic acids is 1. The number of rotatable bonds is 10. The number of amides is 1. The summed E-state index contributed by atoms with van der Waals surface area (Å²) in [4.78, 5) is 21.5. The lowest BCUT2D eigenvalue weighted by atomic mass is 10.3. The van der Waals surface area contributed by atoms with Crippen LogP contribution >= 0.6 is 23.7 Å². The van der Waals surface area contributed by atoms with Gasteiger partial charge in [0, 0.05) is 6.54 Å². The highest BCUT2D eigenvalue weighted by Gasteiger charge is 2.20. The lowest BCUT2D eigenvalue weighted by Crippen LogP contribution is -2.36. The molecule has 0 unspecified atom stereocenters. The number of halogens is 1. The van der Waals surface area contributed by atoms with Crippen molar-refractivity contribution in [1.82, 2.24) is 9.88 Å². The Bertz CT molecular complexity index is 934. The van der Waals surface area contributed by atoms with Gasteiger partial charge in [0.1, 0.15) is 11.5 Å². The molecule has 0 fully saturated rings. The Labute approximate surface area is 187 Å². The Morgan fingerprint density at radius 1 is 1.03 bits per heavy atom. The zero-order valence-electron chi connectivity index (χ0n) is 17.5. The van der Waals surface area contributed by atoms with Gasteiger partial charge in [-0.05, 0) is 64.3 Å². The van der Waals surface area contributed by atoms with Crippen molar-refractivity contribution in [2.45, 2.75) is 13.3 Å². The summed E-state index contributed by atoms with van der Waals surface area (Å²) in [6, 6.07) is 15.2. The summed E-state index contributed by atoms with van der Waals surface area (Å²) in [7, 11) is 4.05. The molecule has 1 heterocycles. The number of para-hydroxylation sites is 1. The van der Waals surface area contributed by atoms with Crippen LogP contribution in [0.1, 0.15) is 13.3 Å². The van der Waals surface area contributed by atoms with Crippen molar-refractivity contribution in [3.8, 4) is 11.5 Å². The van der Waals surface area contributed by atoms with Crippen LogP contribution in [0.2, 0.25) is 0 Å². The van der Waals surface area contributed by atoms with Gasteiger partial charge < -0.3 is 14.4 Å². The molecule has 30 heavy (non-hydrogen) atoms. The van der Waals surface area contributed by atoms with Gasteiger partial charge in [0.05, 0.1) is 16.8 Å². The molecule has 0 aliphatic carbocycles. The van der Waals surface area contributed by atoms with Gasteiger partial charge in [0.15, 0.2) is 11.7 Å². The predicted octanol–water partition coefficient (Wildman–Crippen LogP) is 4.48. The number of carbonyl (C=O) groups is 1. The molecule has 0 saturated carbocycles. The number of aromatic nitrogens is 1. The van der Waals surface area contributed by atoms with Gasteiger partial charge in [-0.25, -0.2) is 4.98 Å². The summed E-state index contributed by atoms with van der Waals surface area (Å²) >= 11 is 1.50. The van der Waals surface area contributed by atoms with E-state index in [4.69, 9.17) is 9.47 Å². The monoisotopic (exact) mass is 449 g/mol. The van der Waals surface area contributed by atoms with Gasteiger partial charge in [-0.2, -0.15) is 0 Å². The number of anilines is 1. The summed E-state index contributed by atoms with van der Waals surface area (Å²) < 4.78 is 12.3. The van der Waals surface area contributed by atoms with E-state index in [2.05, 4.69) is 9.88 Å². The van der Waals surface area contributed by atoms with Crippen molar-refractivity contribution in [1.29, 1.82) is 0 Å². The molecule has 0 bridgehead atoms. The Balaban J connectivity index is 0.00000320. The maximum absolute atomic E-state index is 13.0. The lowest BCUT2D eigenvalue weighted by molar-refractivity contribution is -0.120. The highest BCUT2D eigenvalue weighted by molar-refractivity contribution is 7.22. The summed E-state index contributed by atoms with van der Waals surface area (Å²) in [5.74, 6) is 1.39. The normalized spacial score (nSPS) is 10.7. The van der Waals surface area contributed by atoms with Gasteiger partial charge >= 0.3 is 0 Å². The standard InChI is InChI=1S/C22H27N3O3S.ClH/c1-4-27-18-11-12-19-20(15-18)29-22(23-19)25(14-8-13-24(2)3)21(26)16-28-17-9-6-5-7-10-17;/h5-7,9-12,15H,4,8,13-14,16H2,1-3H3;1H. The van der Waals surface area contributed by atoms with Gasteiger partial charge in [0.2, 0.25) is 0 Å². The smallest absolute Gasteiger partial charge is 0.266 e. The third-order valence-electron chi connectivity index (χ3n) is 4.28. The maximum Gasteiger partial charge on any atom is 0.266 e. The minimum absolute atomic E-state index is 0. The highest BCUT2D eigenvalue weighted by atomic mass is 35.5. The fraction of sp³-hybridized carbons (Fsp3) is 0.364. The number of hydrogen-bond acceptors (Lipinski definition) is 6. The Morgan fingerprint density at radius 2 is 1.80 bits per heavy atom. The highest BCUT2D eigenvalue weighted by Crippen LogP contribution is 2.31. The van der Waals surface area contributed by atoms with E-state index in [1.807, 2.05) is 69.6 Å². The van der Waals surface area contributed by atoms with Crippen LogP contribution < -0.4 is 14.4 Å². The van der Waals surface area contributed by atoms with E-state index in [-0.39, 0.29) is 24.9 Å². The molecule has 8 heteroatoms. The topological polar surface area (TPSA) is 54.9 Å². The van der Waals surface area contributed by atoms with Gasteiger partial charge in [0.25, 0.3) is 5.91 Å². The fourth-order valence-corrected chi connectivity index (χ4v) is 3.91. The molecule has 0 saturated heterocycles. The number of nitrogens with zero attached hydrogens (tertiary/aromatic N) is 3. The molecular weight excluding hydrogens is 422 g/mol. The van der Waals surface area contributed by atoms with Crippen LogP contribution in [0.25, 0.3) is 10.2 Å². The van der Waals surface area contributed by atoms with Crippen LogP contribution in [0.4, 0.5) is 5.13 Å². The number of fused-ring (bicyclic) bond motifs is 1. The van der Waals surface area contributed by atoms with Crippen LogP contribution in [0.5, 0.6) is 11.5 Å². The van der Waals surface area contributed by atoms with Crippen LogP contribution in [-0.4, -0.2) is 56.2 Å². The molecule has 3 rings (SSSR count). The van der Waals surface area contributed by atoms with Crippen LogP contribution in [0, 0.1) is 0 Å². The molecule has 0 atom stereocenters. The first-order valence-electron chi connectivity index (χ1n) is 9.73. The summed E-state index contributed by atoms with van der Waals surface area (Å²) in [5, 5.41) is 0.689. The zero-order valence-corrected chi connectivity index (χ0v) is 19.2. The number of hydrogen-bond donors (Lipinski definition) is 0. The third-order valence-corrected chi connectivity index (χ3v) is 5.33. The largest absolute Gasteiger partial charge is 0.494 e. The molecule has 162 valence electrons. The number of benzene rings is 2. The van der Waals surface area contributed by atoms with Crippen molar-refractivity contribution >= 4 is 45.0 Å². The van der Waals surface area contributed by atoms with Crippen molar-refractivity contribution in [3.05, 3.63) is 48.5 Å². The second-order valence-corrected chi connectivity index (χ2v) is 7.87. The van der Waals surface area contributed by atoms with Crippen LogP contribution in [0.3, 0.4) is 0 Å². The van der Waals surface area contributed by atoms with Gasteiger partial charge in [-0.1, -0.05) is 29.5 Å². The molecule has 1 amide bonds. The number of thiazole rings is 1. The lowest BCUT2D eigenvalue weighted by Gasteiger charge is -2.21. The molecule has 0 spiro atoms. The van der Waals surface area contributed by atoms with Gasteiger partial charge in [-0.3, -0.25) is 9.69 Å². The van der Waals surface area contributed by atoms with E-state index >= 15 is 0 Å². The van der Waals surface area contributed by atoms with E-state index in [1.54, 1.807) is 4.90 Å². The summed E-state index contributed by atoms with van der Waals surface area (Å²) in [6.45, 7) is 4.03. The molecule has 1 aromatic heterocycles. The van der Waals surface area contributed by atoms with Crippen LogP contribution in [-0.2, 0) is 4.79 Å². The molecule has 2 aromatic carbocycles. The molecule has 0 N–H and O–H groups in total. The van der Waals surface area contributed by atoms with Gasteiger partial charge in [-0.15, -0.1) is 12.4 Å². The van der Waals surface area contributed by atoms with E-state index < -0.39 is 0 Å². The maximum atomic E-state index is 13.0. The van der Waals surface area contributed by atoms with Crippen molar-refractivity contribution in [2.75, 3.05) is 45.3 Å². The van der Waals surface area contributed by atoms with E-state index in [0.29, 0.717) is 24.0 Å². The SMILES string of the molecule is CCOc1ccc2nc(N(CCCN(C)C)C(=O)COc3ccccc3)sc2c1.Cl. The summed E-state index contributed by atoms with van der Waals surface area (Å²) in [6.07, 6.45) is 0.851. The molecule has 0 aliphatic rings. The van der Waals surface area contributed by atoms with Crippen molar-refractivity contribution in [3.63, 3.8) is 0 Å². The second kappa shape index (κ2) is 11.7. The Morgan fingerprint density at radius 3 is 2.50 bits per heavy atom. The minimum atomic E-state index is -0.100. The molecular formula is C22H28ClN3O3S. The quantitative estimate of drug-likeness (QED) is 0.456. The first kappa shape index (κ1) is 23.9. The molecule has 0 radical (unpaired) electrons. The average Bonchev–Trinajstić information content (AvgIpc) is 3.13. The van der Waals surface area contributed by atoms with E-state index in [1.165, 1.54) is 11.3 Å². The fourth-order valence-electron chi connectivity index (χ4n) is 2.88. The van der Waals surface area contributed by atoms with E-state index in [9.17, 15) is 4.79 Å². The molecule has 3 aromatic rings. The predicted molar refractivity (Wildman–Crippen MR) is 125 cm³/mol. The van der Waals surface area contributed by atoms with Crippen LogP contribution in [0.15, 0.2) is 48.5 Å². The zero-order chi connectivity index (χ0) is 20.6. The Hall–Kier alpha value is -2.35. The summed E-state index contributed by atoms with van der Waals surface area (Å²) in [5.41, 5.74) is 0.864. The molecule has 6 nitrogen and oxygen atoms in total. The minimum Gasteiger partial charge on any atom is -0.494 e. The average molecular weight is 450 g/mol. The first-order chi connectivity index (χ1) is 14.1. The Kier molecular flexibility index (Phi) is 9.36. The number of ether oxygens (including phenoxy) is 2. The van der Waals surface area contributed by atoms with Crippen molar-refractivity contribution in [2.24, 2.45) is 0 Å². The van der Waals surface area contributed by atoms with E-state index in [0.717, 1.165) is 28.9 Å². The third kappa shape index (κ3) is 6.58. The van der Waals surface area contributed by atoms with Crippen molar-refractivity contribution < 1.29 is 14.3 Å².